The van der Waals surface area contributed by atoms with Gasteiger partial charge in [0.2, 0.25) is 5.91 Å². The van der Waals surface area contributed by atoms with Gasteiger partial charge >= 0.3 is 0 Å². The average molecular weight is 324 g/mol. The van der Waals surface area contributed by atoms with Gasteiger partial charge in [0.1, 0.15) is 5.01 Å². The summed E-state index contributed by atoms with van der Waals surface area (Å²) >= 11 is 1.55. The molecule has 1 fully saturated rings. The molecule has 5 nitrogen and oxygen atoms in total. The van der Waals surface area contributed by atoms with Gasteiger partial charge in [0.25, 0.3) is 0 Å². The van der Waals surface area contributed by atoms with Crippen LogP contribution in [0.25, 0.3) is 10.2 Å². The molecule has 1 aliphatic heterocycles. The van der Waals surface area contributed by atoms with Crippen LogP contribution in [0.4, 0.5) is 0 Å². The fraction of sp³-hybridized carbons (Fsp3) is 0.429. The van der Waals surface area contributed by atoms with Gasteiger partial charge in [0, 0.05) is 0 Å². The van der Waals surface area contributed by atoms with Gasteiger partial charge in [-0.05, 0) is 31.0 Å². The number of carbonyl (C=O) groups is 1. The topological polar surface area (TPSA) is 76.1 Å². The number of aryl methyl sites for hydroxylation is 1. The number of nitrogens with one attached hydrogen (secondary N) is 1. The molecule has 1 amide bonds. The van der Waals surface area contributed by atoms with Crippen LogP contribution in [0, 0.1) is 12.8 Å². The summed E-state index contributed by atoms with van der Waals surface area (Å²) in [4.78, 5) is 16.5. The molecule has 1 aromatic carbocycles. The fourth-order valence-electron chi connectivity index (χ4n) is 2.47. The maximum Gasteiger partial charge on any atom is 0.224 e. The van der Waals surface area contributed by atoms with Gasteiger partial charge in [-0.2, -0.15) is 0 Å². The smallest absolute Gasteiger partial charge is 0.224 e. The minimum Gasteiger partial charge on any atom is -0.349 e. The number of carbonyl (C=O) groups excluding carboxylic acids is 1. The van der Waals surface area contributed by atoms with E-state index in [2.05, 4.69) is 10.3 Å². The third-order valence-corrected chi connectivity index (χ3v) is 6.41. The number of nitrogens with zero attached hydrogens (tertiary/aromatic N) is 1. The molecule has 0 bridgehead atoms. The molecule has 0 radical (unpaired) electrons. The fourth-order valence-corrected chi connectivity index (χ4v) is 5.10. The van der Waals surface area contributed by atoms with Gasteiger partial charge in [0.05, 0.1) is 34.2 Å². The number of fused-ring (bicyclic) bond motifs is 1. The molecule has 1 unspecified atom stereocenters. The molecule has 21 heavy (non-hydrogen) atoms. The second kappa shape index (κ2) is 5.38. The molecule has 1 atom stereocenters. The molecule has 3 rings (SSSR count). The Labute approximate surface area is 127 Å². The van der Waals surface area contributed by atoms with Gasteiger partial charge in [-0.1, -0.05) is 6.07 Å². The molecular weight excluding hydrogens is 308 g/mol. The SMILES string of the molecule is Cc1ccc2sc(CNC(=O)C3CCS(=O)(=O)C3)nc2c1. The lowest BCUT2D eigenvalue weighted by molar-refractivity contribution is -0.124. The molecule has 1 N–H and O–H groups in total. The molecule has 2 heterocycles. The summed E-state index contributed by atoms with van der Waals surface area (Å²) in [5.74, 6) is -0.512. The Bertz CT molecular complexity index is 796. The molecule has 112 valence electrons. The van der Waals surface area contributed by atoms with Crippen molar-refractivity contribution >= 4 is 37.3 Å². The van der Waals surface area contributed by atoms with Crippen molar-refractivity contribution in [3.63, 3.8) is 0 Å². The van der Waals surface area contributed by atoms with Crippen LogP contribution in [0.15, 0.2) is 18.2 Å². The quantitative estimate of drug-likeness (QED) is 0.931. The maximum atomic E-state index is 12.0. The van der Waals surface area contributed by atoms with E-state index in [9.17, 15) is 13.2 Å². The highest BCUT2D eigenvalue weighted by Crippen LogP contribution is 2.23. The summed E-state index contributed by atoms with van der Waals surface area (Å²) in [6.45, 7) is 2.37. The van der Waals surface area contributed by atoms with Crippen LogP contribution in [0.5, 0.6) is 0 Å². The number of rotatable bonds is 3. The summed E-state index contributed by atoms with van der Waals surface area (Å²) in [5, 5.41) is 3.64. The van der Waals surface area contributed by atoms with E-state index in [1.54, 1.807) is 11.3 Å². The largest absolute Gasteiger partial charge is 0.349 e. The van der Waals surface area contributed by atoms with Crippen LogP contribution in [0.1, 0.15) is 17.0 Å². The van der Waals surface area contributed by atoms with E-state index in [0.29, 0.717) is 13.0 Å². The second-order valence-corrected chi connectivity index (χ2v) is 8.74. The van der Waals surface area contributed by atoms with Gasteiger partial charge in [-0.3, -0.25) is 4.79 Å². The van der Waals surface area contributed by atoms with Crippen LogP contribution >= 0.6 is 11.3 Å². The second-order valence-electron chi connectivity index (χ2n) is 5.40. The summed E-state index contributed by atoms with van der Waals surface area (Å²) in [6.07, 6.45) is 0.424. The number of amides is 1. The minimum atomic E-state index is -3.02. The van der Waals surface area contributed by atoms with Crippen molar-refractivity contribution in [1.82, 2.24) is 10.3 Å². The van der Waals surface area contributed by atoms with Crippen molar-refractivity contribution in [3.8, 4) is 0 Å². The molecule has 0 spiro atoms. The third kappa shape index (κ3) is 3.24. The van der Waals surface area contributed by atoms with Gasteiger partial charge in [0.15, 0.2) is 9.84 Å². The van der Waals surface area contributed by atoms with Gasteiger partial charge in [-0.15, -0.1) is 11.3 Å². The van der Waals surface area contributed by atoms with Crippen molar-refractivity contribution in [1.29, 1.82) is 0 Å². The predicted molar refractivity (Wildman–Crippen MR) is 83.0 cm³/mol. The van der Waals surface area contributed by atoms with Crippen LogP contribution in [0.2, 0.25) is 0 Å². The highest BCUT2D eigenvalue weighted by atomic mass is 32.2. The first-order valence-electron chi connectivity index (χ1n) is 6.77. The number of sulfone groups is 1. The predicted octanol–water partition coefficient (Wildman–Crippen LogP) is 1.66. The van der Waals surface area contributed by atoms with Gasteiger partial charge in [-0.25, -0.2) is 13.4 Å². The van der Waals surface area contributed by atoms with E-state index >= 15 is 0 Å². The third-order valence-electron chi connectivity index (χ3n) is 3.60. The lowest BCUT2D eigenvalue weighted by Gasteiger charge is -2.07. The first-order chi connectivity index (χ1) is 9.93. The van der Waals surface area contributed by atoms with Crippen molar-refractivity contribution in [2.75, 3.05) is 11.5 Å². The monoisotopic (exact) mass is 324 g/mol. The number of hydrogen-bond donors (Lipinski definition) is 1. The zero-order valence-electron chi connectivity index (χ0n) is 11.6. The summed E-state index contributed by atoms with van der Waals surface area (Å²) < 4.78 is 23.8. The van der Waals surface area contributed by atoms with E-state index in [4.69, 9.17) is 0 Å². The Morgan fingerprint density at radius 3 is 3.00 bits per heavy atom. The van der Waals surface area contributed by atoms with E-state index in [-0.39, 0.29) is 17.4 Å². The minimum absolute atomic E-state index is 0.0299. The van der Waals surface area contributed by atoms with Crippen molar-refractivity contribution in [2.24, 2.45) is 5.92 Å². The first kappa shape index (κ1) is 14.5. The Morgan fingerprint density at radius 2 is 2.29 bits per heavy atom. The van der Waals surface area contributed by atoms with Crippen molar-refractivity contribution in [3.05, 3.63) is 28.8 Å². The number of thiazole rings is 1. The zero-order chi connectivity index (χ0) is 15.0. The maximum absolute atomic E-state index is 12.0. The normalized spacial score (nSPS) is 20.7. The molecular formula is C14H16N2O3S2. The zero-order valence-corrected chi connectivity index (χ0v) is 13.3. The average Bonchev–Trinajstić information content (AvgIpc) is 2.98. The molecule has 1 saturated heterocycles. The molecule has 7 heteroatoms. The van der Waals surface area contributed by atoms with E-state index in [1.165, 1.54) is 0 Å². The highest BCUT2D eigenvalue weighted by molar-refractivity contribution is 7.91. The Balaban J connectivity index is 1.65. The van der Waals surface area contributed by atoms with E-state index in [1.807, 2.05) is 25.1 Å². The van der Waals surface area contributed by atoms with Crippen LogP contribution in [-0.2, 0) is 21.2 Å². The van der Waals surface area contributed by atoms with Crippen molar-refractivity contribution < 1.29 is 13.2 Å². The highest BCUT2D eigenvalue weighted by Gasteiger charge is 2.32. The van der Waals surface area contributed by atoms with E-state index in [0.717, 1.165) is 20.8 Å². The first-order valence-corrected chi connectivity index (χ1v) is 9.41. The standard InChI is InChI=1S/C14H16N2O3S2/c1-9-2-3-12-11(6-9)16-13(20-12)7-15-14(17)10-4-5-21(18,19)8-10/h2-3,6,10H,4-5,7-8H2,1H3,(H,15,17). The Kier molecular flexibility index (Phi) is 3.71. The molecule has 1 aliphatic rings. The lowest BCUT2D eigenvalue weighted by atomic mass is 10.1. The Hall–Kier alpha value is -1.47. The van der Waals surface area contributed by atoms with Crippen LogP contribution in [0.3, 0.4) is 0 Å². The van der Waals surface area contributed by atoms with Crippen molar-refractivity contribution in [2.45, 2.75) is 19.9 Å². The van der Waals surface area contributed by atoms with Crippen LogP contribution in [-0.4, -0.2) is 30.8 Å². The molecule has 0 aliphatic carbocycles. The lowest BCUT2D eigenvalue weighted by Crippen LogP contribution is -2.30. The van der Waals surface area contributed by atoms with Gasteiger partial charge < -0.3 is 5.32 Å². The number of benzene rings is 1. The number of aromatic nitrogens is 1. The molecule has 0 saturated carbocycles. The molecule has 1 aromatic heterocycles. The van der Waals surface area contributed by atoms with E-state index < -0.39 is 15.8 Å². The van der Waals surface area contributed by atoms with Crippen LogP contribution < -0.4 is 5.32 Å². The summed E-state index contributed by atoms with van der Waals surface area (Å²) in [6, 6.07) is 6.07. The summed E-state index contributed by atoms with van der Waals surface area (Å²) in [7, 11) is -3.02. The Morgan fingerprint density at radius 1 is 1.48 bits per heavy atom. The molecule has 2 aromatic rings. The number of hydrogen-bond acceptors (Lipinski definition) is 5. The summed E-state index contributed by atoms with van der Waals surface area (Å²) in [5.41, 5.74) is 2.09.